The minimum atomic E-state index is -0.393. The number of primary amides is 1. The van der Waals surface area contributed by atoms with Crippen LogP contribution >= 0.6 is 0 Å². The maximum atomic E-state index is 10.4. The van der Waals surface area contributed by atoms with Crippen molar-refractivity contribution in [1.29, 1.82) is 0 Å². The van der Waals surface area contributed by atoms with Crippen LogP contribution in [-0.2, 0) is 0 Å². The van der Waals surface area contributed by atoms with Gasteiger partial charge in [0, 0.05) is 6.54 Å². The number of carbonyl (C=O) groups excluding carboxylic acids is 1. The summed E-state index contributed by atoms with van der Waals surface area (Å²) in [7, 11) is 0. The van der Waals surface area contributed by atoms with E-state index in [1.807, 2.05) is 0 Å². The first-order valence-corrected chi connectivity index (χ1v) is 4.32. The van der Waals surface area contributed by atoms with Gasteiger partial charge < -0.3 is 11.1 Å². The Balaban J connectivity index is 2.09. The number of nitrogens with two attached hydrogens (primary N) is 1. The lowest BCUT2D eigenvalue weighted by Crippen LogP contribution is -2.34. The van der Waals surface area contributed by atoms with Gasteiger partial charge in [-0.25, -0.2) is 4.79 Å². The van der Waals surface area contributed by atoms with Crippen LogP contribution in [0.2, 0.25) is 0 Å². The quantitative estimate of drug-likeness (QED) is 0.620. The first-order valence-electron chi connectivity index (χ1n) is 4.32. The van der Waals surface area contributed by atoms with Crippen molar-refractivity contribution in [1.82, 2.24) is 5.32 Å². The van der Waals surface area contributed by atoms with Gasteiger partial charge in [-0.2, -0.15) is 0 Å². The van der Waals surface area contributed by atoms with Crippen LogP contribution in [0.25, 0.3) is 0 Å². The Morgan fingerprint density at radius 3 is 2.55 bits per heavy atom. The van der Waals surface area contributed by atoms with Crippen LogP contribution in [0.5, 0.6) is 0 Å². The van der Waals surface area contributed by atoms with Crippen LogP contribution in [0.15, 0.2) is 0 Å². The van der Waals surface area contributed by atoms with Gasteiger partial charge in [-0.05, 0) is 18.8 Å². The molecule has 0 saturated heterocycles. The Morgan fingerprint density at radius 1 is 1.36 bits per heavy atom. The van der Waals surface area contributed by atoms with Gasteiger partial charge in [-0.1, -0.05) is 19.3 Å². The largest absolute Gasteiger partial charge is 0.352 e. The van der Waals surface area contributed by atoms with Gasteiger partial charge in [0.05, 0.1) is 0 Å². The van der Waals surface area contributed by atoms with E-state index in [0.717, 1.165) is 6.54 Å². The minimum absolute atomic E-state index is 0.393. The molecule has 0 aromatic heterocycles. The van der Waals surface area contributed by atoms with Crippen molar-refractivity contribution in [3.05, 3.63) is 0 Å². The summed E-state index contributed by atoms with van der Waals surface area (Å²) in [4.78, 5) is 10.4. The Hall–Kier alpha value is -0.730. The molecule has 3 nitrogen and oxygen atoms in total. The van der Waals surface area contributed by atoms with Crippen molar-refractivity contribution < 1.29 is 4.79 Å². The summed E-state index contributed by atoms with van der Waals surface area (Å²) in [6.45, 7) is 0.773. The van der Waals surface area contributed by atoms with Gasteiger partial charge in [-0.3, -0.25) is 0 Å². The van der Waals surface area contributed by atoms with Crippen molar-refractivity contribution in [3.63, 3.8) is 0 Å². The van der Waals surface area contributed by atoms with Gasteiger partial charge in [0.2, 0.25) is 0 Å². The summed E-state index contributed by atoms with van der Waals surface area (Å²) in [6.07, 6.45) is 6.48. The van der Waals surface area contributed by atoms with Crippen LogP contribution in [0, 0.1) is 5.92 Å². The Morgan fingerprint density at radius 2 is 2.00 bits per heavy atom. The van der Waals surface area contributed by atoms with Crippen LogP contribution in [0.3, 0.4) is 0 Å². The smallest absolute Gasteiger partial charge is 0.312 e. The summed E-state index contributed by atoms with van der Waals surface area (Å²) < 4.78 is 0. The molecule has 0 unspecified atom stereocenters. The van der Waals surface area contributed by atoms with E-state index in [1.54, 1.807) is 0 Å². The fourth-order valence-corrected chi connectivity index (χ4v) is 1.64. The molecule has 3 N–H and O–H groups in total. The third-order valence-electron chi connectivity index (χ3n) is 2.29. The van der Waals surface area contributed by atoms with E-state index >= 15 is 0 Å². The maximum absolute atomic E-state index is 10.4. The molecule has 1 saturated carbocycles. The Labute approximate surface area is 67.3 Å². The monoisotopic (exact) mass is 156 g/mol. The van der Waals surface area contributed by atoms with Crippen LogP contribution in [-0.4, -0.2) is 12.6 Å². The second-order valence-electron chi connectivity index (χ2n) is 3.25. The Bertz CT molecular complexity index is 130. The number of carbonyl (C=O) groups is 1. The van der Waals surface area contributed by atoms with Crippen molar-refractivity contribution in [3.8, 4) is 0 Å². The van der Waals surface area contributed by atoms with Gasteiger partial charge >= 0.3 is 6.03 Å². The molecule has 64 valence electrons. The van der Waals surface area contributed by atoms with E-state index in [1.165, 1.54) is 32.1 Å². The minimum Gasteiger partial charge on any atom is -0.352 e. The lowest BCUT2D eigenvalue weighted by atomic mass is 9.89. The zero-order chi connectivity index (χ0) is 8.10. The molecule has 0 atom stereocenters. The highest BCUT2D eigenvalue weighted by atomic mass is 16.2. The molecule has 0 aromatic carbocycles. The van der Waals surface area contributed by atoms with Gasteiger partial charge in [-0.15, -0.1) is 0 Å². The lowest BCUT2D eigenvalue weighted by molar-refractivity contribution is 0.244. The third kappa shape index (κ3) is 3.25. The standard InChI is InChI=1S/C8H16N2O/c9-8(11)10-6-7-4-2-1-3-5-7/h7H,1-6H2,(H3,9,10,11). The predicted octanol–water partition coefficient (Wildman–Crippen LogP) is 1.23. The molecule has 1 rings (SSSR count). The van der Waals surface area contributed by atoms with E-state index < -0.39 is 6.03 Å². The lowest BCUT2D eigenvalue weighted by Gasteiger charge is -2.20. The Kier molecular flexibility index (Phi) is 3.20. The summed E-state index contributed by atoms with van der Waals surface area (Å²) in [5, 5.41) is 2.65. The highest BCUT2D eigenvalue weighted by molar-refractivity contribution is 5.71. The molecule has 1 fully saturated rings. The molecule has 0 radical (unpaired) electrons. The zero-order valence-corrected chi connectivity index (χ0v) is 6.81. The number of nitrogens with one attached hydrogen (secondary N) is 1. The summed E-state index contributed by atoms with van der Waals surface area (Å²) in [5.74, 6) is 0.677. The fourth-order valence-electron chi connectivity index (χ4n) is 1.64. The average Bonchev–Trinajstić information content (AvgIpc) is 2.03. The van der Waals surface area contributed by atoms with Gasteiger partial charge in [0.1, 0.15) is 0 Å². The first kappa shape index (κ1) is 8.37. The van der Waals surface area contributed by atoms with E-state index in [-0.39, 0.29) is 0 Å². The summed E-state index contributed by atoms with van der Waals surface area (Å²) in [6, 6.07) is -0.393. The van der Waals surface area contributed by atoms with E-state index in [2.05, 4.69) is 5.32 Å². The molecule has 0 heterocycles. The predicted molar refractivity (Wildman–Crippen MR) is 44.2 cm³/mol. The van der Waals surface area contributed by atoms with E-state index in [0.29, 0.717) is 5.92 Å². The molecule has 0 aromatic rings. The molecular formula is C8H16N2O. The molecule has 0 bridgehead atoms. The molecule has 1 aliphatic rings. The highest BCUT2D eigenvalue weighted by Crippen LogP contribution is 2.22. The summed E-state index contributed by atoms with van der Waals surface area (Å²) >= 11 is 0. The number of hydrogen-bond acceptors (Lipinski definition) is 1. The maximum Gasteiger partial charge on any atom is 0.312 e. The van der Waals surface area contributed by atoms with E-state index in [4.69, 9.17) is 5.73 Å². The van der Waals surface area contributed by atoms with Crippen LogP contribution in [0.1, 0.15) is 32.1 Å². The van der Waals surface area contributed by atoms with Gasteiger partial charge in [0.25, 0.3) is 0 Å². The average molecular weight is 156 g/mol. The van der Waals surface area contributed by atoms with Crippen molar-refractivity contribution in [2.45, 2.75) is 32.1 Å². The third-order valence-corrected chi connectivity index (χ3v) is 2.29. The molecule has 11 heavy (non-hydrogen) atoms. The van der Waals surface area contributed by atoms with Crippen LogP contribution < -0.4 is 11.1 Å². The van der Waals surface area contributed by atoms with Crippen molar-refractivity contribution in [2.24, 2.45) is 11.7 Å². The second kappa shape index (κ2) is 4.21. The fraction of sp³-hybridized carbons (Fsp3) is 0.875. The first-order chi connectivity index (χ1) is 5.29. The molecule has 0 spiro atoms. The van der Waals surface area contributed by atoms with E-state index in [9.17, 15) is 4.79 Å². The number of rotatable bonds is 2. The van der Waals surface area contributed by atoms with Crippen LogP contribution in [0.4, 0.5) is 4.79 Å². The number of amides is 2. The topological polar surface area (TPSA) is 55.1 Å². The molecule has 1 aliphatic carbocycles. The van der Waals surface area contributed by atoms with Crippen molar-refractivity contribution >= 4 is 6.03 Å². The number of urea groups is 1. The molecule has 2 amide bonds. The van der Waals surface area contributed by atoms with Gasteiger partial charge in [0.15, 0.2) is 0 Å². The normalized spacial score (nSPS) is 19.6. The highest BCUT2D eigenvalue weighted by Gasteiger charge is 2.12. The van der Waals surface area contributed by atoms with Crippen molar-refractivity contribution in [2.75, 3.05) is 6.54 Å². The molecular weight excluding hydrogens is 140 g/mol. The second-order valence-corrected chi connectivity index (χ2v) is 3.25. The molecule has 0 aliphatic heterocycles. The SMILES string of the molecule is NC(=O)NCC1CCCCC1. The zero-order valence-electron chi connectivity index (χ0n) is 6.81. The summed E-state index contributed by atoms with van der Waals surface area (Å²) in [5.41, 5.74) is 4.96. The molecule has 3 heteroatoms. The number of hydrogen-bond donors (Lipinski definition) is 2.